The summed E-state index contributed by atoms with van der Waals surface area (Å²) in [6, 6.07) is 2.15. The molecule has 0 unspecified atom stereocenters. The first-order valence-corrected chi connectivity index (χ1v) is 8.76. The molecule has 3 aromatic rings. The van der Waals surface area contributed by atoms with E-state index in [4.69, 9.17) is 5.73 Å². The second kappa shape index (κ2) is 5.90. The van der Waals surface area contributed by atoms with E-state index in [2.05, 4.69) is 31.5 Å². The predicted octanol–water partition coefficient (Wildman–Crippen LogP) is 3.87. The molecule has 0 spiro atoms. The van der Waals surface area contributed by atoms with Gasteiger partial charge in [0, 0.05) is 11.9 Å². The van der Waals surface area contributed by atoms with Gasteiger partial charge in [-0.05, 0) is 47.3 Å². The molecule has 3 N–H and O–H groups in total. The Morgan fingerprint density at radius 3 is 2.95 bits per heavy atom. The summed E-state index contributed by atoms with van der Waals surface area (Å²) in [4.78, 5) is 4.50. The number of hydrogen-bond donors (Lipinski definition) is 2. The minimum absolute atomic E-state index is 0.554. The molecule has 0 saturated carbocycles. The molecule has 0 saturated heterocycles. The third kappa shape index (κ3) is 2.84. The zero-order valence-corrected chi connectivity index (χ0v) is 13.4. The van der Waals surface area contributed by atoms with Crippen molar-refractivity contribution in [3.05, 3.63) is 32.8 Å². The highest BCUT2D eigenvalue weighted by Gasteiger charge is 2.15. The number of nitrogens with zero attached hydrogens (tertiary/aromatic N) is 2. The van der Waals surface area contributed by atoms with E-state index in [0.717, 1.165) is 34.2 Å². The van der Waals surface area contributed by atoms with Gasteiger partial charge in [-0.3, -0.25) is 0 Å². The molecule has 0 amide bonds. The quantitative estimate of drug-likeness (QED) is 0.748. The molecule has 3 heterocycles. The van der Waals surface area contributed by atoms with Crippen LogP contribution in [0.4, 0.5) is 10.8 Å². The number of nitrogens with one attached hydrogen (secondary N) is 1. The highest BCUT2D eigenvalue weighted by Crippen LogP contribution is 2.36. The fraction of sp³-hybridized carbons (Fsp3) is 0.231. The molecule has 0 bridgehead atoms. The zero-order valence-electron chi connectivity index (χ0n) is 10.9. The number of nitrogen functional groups attached to an aromatic ring is 1. The summed E-state index contributed by atoms with van der Waals surface area (Å²) in [5.41, 5.74) is 9.18. The Kier molecular flexibility index (Phi) is 4.00. The van der Waals surface area contributed by atoms with Crippen LogP contribution < -0.4 is 11.1 Å². The number of anilines is 2. The van der Waals surface area contributed by atoms with Crippen molar-refractivity contribution in [2.75, 3.05) is 17.6 Å². The standard InChI is InChI=1S/C13H14N4S3/c1-8-16-10(7-19-8)11-12(14)17-20-13(11)15-4-2-9-3-5-18-6-9/h3,5-7,15H,2,4H2,1H3,(H2,14,17). The number of thiophene rings is 1. The number of hydrogen-bond acceptors (Lipinski definition) is 7. The van der Waals surface area contributed by atoms with Crippen molar-refractivity contribution in [1.29, 1.82) is 0 Å². The monoisotopic (exact) mass is 322 g/mol. The van der Waals surface area contributed by atoms with Gasteiger partial charge in [-0.1, -0.05) is 0 Å². The Labute approximate surface area is 129 Å². The van der Waals surface area contributed by atoms with Crippen molar-refractivity contribution in [3.8, 4) is 11.3 Å². The molecule has 104 valence electrons. The molecule has 4 nitrogen and oxygen atoms in total. The van der Waals surface area contributed by atoms with E-state index in [9.17, 15) is 0 Å². The lowest BCUT2D eigenvalue weighted by Gasteiger charge is -2.04. The second-order valence-electron chi connectivity index (χ2n) is 4.33. The maximum Gasteiger partial charge on any atom is 0.148 e. The summed E-state index contributed by atoms with van der Waals surface area (Å²) in [6.45, 7) is 2.86. The highest BCUT2D eigenvalue weighted by molar-refractivity contribution is 7.11. The predicted molar refractivity (Wildman–Crippen MR) is 88.9 cm³/mol. The van der Waals surface area contributed by atoms with Gasteiger partial charge in [0.05, 0.1) is 16.3 Å². The lowest BCUT2D eigenvalue weighted by molar-refractivity contribution is 1.03. The Morgan fingerprint density at radius 1 is 1.35 bits per heavy atom. The lowest BCUT2D eigenvalue weighted by atomic mass is 10.2. The smallest absolute Gasteiger partial charge is 0.148 e. The van der Waals surface area contributed by atoms with E-state index in [1.807, 2.05) is 12.3 Å². The summed E-state index contributed by atoms with van der Waals surface area (Å²) >= 11 is 4.75. The van der Waals surface area contributed by atoms with Gasteiger partial charge in [0.2, 0.25) is 0 Å². The van der Waals surface area contributed by atoms with Crippen molar-refractivity contribution in [2.45, 2.75) is 13.3 Å². The van der Waals surface area contributed by atoms with E-state index >= 15 is 0 Å². The molecule has 3 aromatic heterocycles. The average molecular weight is 322 g/mol. The average Bonchev–Trinajstić information content (AvgIpc) is 3.12. The highest BCUT2D eigenvalue weighted by atomic mass is 32.1. The van der Waals surface area contributed by atoms with Gasteiger partial charge in [-0.15, -0.1) is 11.3 Å². The molecule has 0 radical (unpaired) electrons. The lowest BCUT2D eigenvalue weighted by Crippen LogP contribution is -2.04. The van der Waals surface area contributed by atoms with Crippen molar-refractivity contribution in [2.24, 2.45) is 0 Å². The Balaban J connectivity index is 1.74. The van der Waals surface area contributed by atoms with Crippen LogP contribution in [0.3, 0.4) is 0 Å². The van der Waals surface area contributed by atoms with E-state index in [1.54, 1.807) is 22.7 Å². The van der Waals surface area contributed by atoms with E-state index < -0.39 is 0 Å². The summed E-state index contributed by atoms with van der Waals surface area (Å²) in [5, 5.41) is 11.8. The molecular weight excluding hydrogens is 308 g/mol. The van der Waals surface area contributed by atoms with Crippen LogP contribution in [0.5, 0.6) is 0 Å². The molecule has 0 aliphatic carbocycles. The first-order valence-electron chi connectivity index (χ1n) is 6.16. The van der Waals surface area contributed by atoms with Gasteiger partial charge in [0.25, 0.3) is 0 Å². The van der Waals surface area contributed by atoms with Crippen LogP contribution >= 0.6 is 34.2 Å². The molecule has 20 heavy (non-hydrogen) atoms. The number of rotatable bonds is 5. The first-order chi connectivity index (χ1) is 9.74. The molecule has 0 atom stereocenters. The Bertz CT molecular complexity index is 684. The molecule has 0 aliphatic heterocycles. The van der Waals surface area contributed by atoms with Crippen LogP contribution in [-0.2, 0) is 6.42 Å². The molecule has 0 aromatic carbocycles. The van der Waals surface area contributed by atoms with Crippen molar-refractivity contribution in [1.82, 2.24) is 9.36 Å². The second-order valence-corrected chi connectivity index (χ2v) is 6.95. The minimum atomic E-state index is 0.554. The molecule has 7 heteroatoms. The molecule has 0 aliphatic rings. The van der Waals surface area contributed by atoms with Crippen molar-refractivity contribution < 1.29 is 0 Å². The van der Waals surface area contributed by atoms with E-state index in [-0.39, 0.29) is 0 Å². The van der Waals surface area contributed by atoms with Crippen LogP contribution in [0.15, 0.2) is 22.2 Å². The van der Waals surface area contributed by atoms with Crippen molar-refractivity contribution in [3.63, 3.8) is 0 Å². The molecule has 0 fully saturated rings. The number of nitrogens with two attached hydrogens (primary N) is 1. The van der Waals surface area contributed by atoms with E-state index in [1.165, 1.54) is 17.1 Å². The number of aromatic nitrogens is 2. The molecule has 3 rings (SSSR count). The maximum absolute atomic E-state index is 5.97. The van der Waals surface area contributed by atoms with Gasteiger partial charge in [-0.2, -0.15) is 15.7 Å². The first kappa shape index (κ1) is 13.5. The molecular formula is C13H14N4S3. The summed E-state index contributed by atoms with van der Waals surface area (Å²) < 4.78 is 4.24. The Hall–Kier alpha value is -1.44. The zero-order chi connectivity index (χ0) is 13.9. The third-order valence-corrected chi connectivity index (χ3v) is 5.20. The van der Waals surface area contributed by atoms with Gasteiger partial charge in [-0.25, -0.2) is 4.98 Å². The normalized spacial score (nSPS) is 10.8. The summed E-state index contributed by atoms with van der Waals surface area (Å²) in [7, 11) is 0. The SMILES string of the molecule is Cc1nc(-c2c(N)nsc2NCCc2ccsc2)cs1. The van der Waals surface area contributed by atoms with Crippen LogP contribution in [0.25, 0.3) is 11.3 Å². The Morgan fingerprint density at radius 2 is 2.25 bits per heavy atom. The fourth-order valence-electron chi connectivity index (χ4n) is 1.90. The van der Waals surface area contributed by atoms with Crippen LogP contribution in [0.2, 0.25) is 0 Å². The fourth-order valence-corrected chi connectivity index (χ4v) is 3.96. The van der Waals surface area contributed by atoms with Gasteiger partial charge in [0.1, 0.15) is 10.8 Å². The number of thiazole rings is 1. The summed E-state index contributed by atoms with van der Waals surface area (Å²) in [6.07, 6.45) is 0.997. The van der Waals surface area contributed by atoms with Crippen molar-refractivity contribution >= 4 is 45.0 Å². The van der Waals surface area contributed by atoms with Gasteiger partial charge in [0.15, 0.2) is 0 Å². The van der Waals surface area contributed by atoms with E-state index in [0.29, 0.717) is 5.82 Å². The van der Waals surface area contributed by atoms with Crippen LogP contribution in [0, 0.1) is 6.92 Å². The summed E-state index contributed by atoms with van der Waals surface area (Å²) in [5.74, 6) is 0.554. The van der Waals surface area contributed by atoms with Gasteiger partial charge < -0.3 is 11.1 Å². The van der Waals surface area contributed by atoms with Gasteiger partial charge >= 0.3 is 0 Å². The van der Waals surface area contributed by atoms with Crippen LogP contribution in [0.1, 0.15) is 10.6 Å². The topological polar surface area (TPSA) is 63.8 Å². The number of aryl methyl sites for hydroxylation is 1. The largest absolute Gasteiger partial charge is 0.382 e. The maximum atomic E-state index is 5.97. The van der Waals surface area contributed by atoms with Crippen LogP contribution in [-0.4, -0.2) is 15.9 Å². The third-order valence-electron chi connectivity index (χ3n) is 2.87. The minimum Gasteiger partial charge on any atom is -0.382 e.